The van der Waals surface area contributed by atoms with Crippen LogP contribution in [0.1, 0.15) is 25.3 Å². The van der Waals surface area contributed by atoms with Gasteiger partial charge in [0.25, 0.3) is 0 Å². The van der Waals surface area contributed by atoms with Crippen molar-refractivity contribution in [3.05, 3.63) is 29.8 Å². The van der Waals surface area contributed by atoms with Gasteiger partial charge in [-0.25, -0.2) is 0 Å². The molecule has 0 saturated carbocycles. The Bertz CT molecular complexity index is 360. The highest BCUT2D eigenvalue weighted by Crippen LogP contribution is 2.13. The van der Waals surface area contributed by atoms with E-state index in [9.17, 15) is 15.3 Å². The first-order valence-electron chi connectivity index (χ1n) is 6.99. The molecule has 0 aliphatic rings. The number of nitrogens with one attached hydrogen (secondary N) is 1. The number of aliphatic hydroxyl groups excluding tert-OH is 3. The number of hydrogen-bond acceptors (Lipinski definition) is 5. The van der Waals surface area contributed by atoms with E-state index in [-0.39, 0.29) is 32.2 Å². The Kier molecular flexibility index (Phi) is 10.4. The molecule has 122 valence electrons. The molecule has 0 aliphatic carbocycles. The summed E-state index contributed by atoms with van der Waals surface area (Å²) >= 11 is 0. The predicted molar refractivity (Wildman–Crippen MR) is 84.9 cm³/mol. The van der Waals surface area contributed by atoms with E-state index in [0.717, 1.165) is 30.8 Å². The second-order valence-corrected chi connectivity index (χ2v) is 4.95. The number of hydrogen-bond donors (Lipinski definition) is 4. The Morgan fingerprint density at radius 1 is 1.05 bits per heavy atom. The van der Waals surface area contributed by atoms with Crippen LogP contribution in [0.2, 0.25) is 0 Å². The maximum atomic E-state index is 9.22. The zero-order valence-corrected chi connectivity index (χ0v) is 13.2. The number of unbranched alkanes of at least 4 members (excludes halogenated alkanes) is 1. The SMILES string of the molecule is CCCCOc1ccc(CNC(CO)(CO)CO)cc1.Cl. The minimum Gasteiger partial charge on any atom is -0.494 e. The molecule has 1 aromatic carbocycles. The topological polar surface area (TPSA) is 82.0 Å². The third kappa shape index (κ3) is 6.63. The molecule has 4 N–H and O–H groups in total. The van der Waals surface area contributed by atoms with E-state index in [0.29, 0.717) is 6.54 Å². The van der Waals surface area contributed by atoms with Crippen molar-refractivity contribution in [2.45, 2.75) is 31.8 Å². The Balaban J connectivity index is 0.00000400. The van der Waals surface area contributed by atoms with E-state index in [1.807, 2.05) is 24.3 Å². The van der Waals surface area contributed by atoms with Crippen molar-refractivity contribution in [1.82, 2.24) is 5.32 Å². The van der Waals surface area contributed by atoms with Gasteiger partial charge in [0, 0.05) is 6.54 Å². The summed E-state index contributed by atoms with van der Waals surface area (Å²) in [5.41, 5.74) is -0.0522. The zero-order chi connectivity index (χ0) is 14.8. The summed E-state index contributed by atoms with van der Waals surface area (Å²) in [6.07, 6.45) is 2.14. The molecule has 0 atom stereocenters. The minimum absolute atomic E-state index is 0. The van der Waals surface area contributed by atoms with Gasteiger partial charge in [0.1, 0.15) is 5.75 Å². The van der Waals surface area contributed by atoms with Gasteiger partial charge in [0.05, 0.1) is 32.0 Å². The van der Waals surface area contributed by atoms with E-state index in [1.54, 1.807) is 0 Å². The van der Waals surface area contributed by atoms with Crippen molar-refractivity contribution in [3.63, 3.8) is 0 Å². The molecule has 6 heteroatoms. The predicted octanol–water partition coefficient (Wildman–Crippen LogP) is 1.09. The number of aliphatic hydroxyl groups is 3. The van der Waals surface area contributed by atoms with Crippen LogP contribution in [0.15, 0.2) is 24.3 Å². The third-order valence-corrected chi connectivity index (χ3v) is 3.27. The minimum atomic E-state index is -1.05. The van der Waals surface area contributed by atoms with Gasteiger partial charge in [0.2, 0.25) is 0 Å². The molecule has 0 amide bonds. The molecular formula is C15H26ClNO4. The molecule has 0 bridgehead atoms. The van der Waals surface area contributed by atoms with Gasteiger partial charge in [-0.1, -0.05) is 25.5 Å². The Morgan fingerprint density at radius 2 is 1.62 bits per heavy atom. The van der Waals surface area contributed by atoms with Gasteiger partial charge in [-0.05, 0) is 24.1 Å². The molecule has 0 spiro atoms. The molecule has 0 radical (unpaired) electrons. The van der Waals surface area contributed by atoms with Gasteiger partial charge in [0.15, 0.2) is 0 Å². The third-order valence-electron chi connectivity index (χ3n) is 3.27. The smallest absolute Gasteiger partial charge is 0.119 e. The Labute approximate surface area is 132 Å². The highest BCUT2D eigenvalue weighted by molar-refractivity contribution is 5.85. The first-order chi connectivity index (χ1) is 9.69. The highest BCUT2D eigenvalue weighted by Gasteiger charge is 2.26. The fraction of sp³-hybridized carbons (Fsp3) is 0.600. The molecule has 0 heterocycles. The molecule has 0 aliphatic heterocycles. The van der Waals surface area contributed by atoms with E-state index >= 15 is 0 Å². The second kappa shape index (κ2) is 10.8. The Morgan fingerprint density at radius 3 is 2.10 bits per heavy atom. The van der Waals surface area contributed by atoms with Crippen LogP contribution in [0.5, 0.6) is 5.75 Å². The largest absolute Gasteiger partial charge is 0.494 e. The number of benzene rings is 1. The van der Waals surface area contributed by atoms with Gasteiger partial charge >= 0.3 is 0 Å². The fourth-order valence-electron chi connectivity index (χ4n) is 1.65. The average molecular weight is 320 g/mol. The van der Waals surface area contributed by atoms with E-state index < -0.39 is 5.54 Å². The van der Waals surface area contributed by atoms with Crippen molar-refractivity contribution in [2.24, 2.45) is 0 Å². The molecule has 1 aromatic rings. The molecule has 0 fully saturated rings. The summed E-state index contributed by atoms with van der Waals surface area (Å²) in [7, 11) is 0. The summed E-state index contributed by atoms with van der Waals surface area (Å²) in [5, 5.41) is 30.6. The molecule has 5 nitrogen and oxygen atoms in total. The number of halogens is 1. The van der Waals surface area contributed by atoms with E-state index in [4.69, 9.17) is 4.74 Å². The van der Waals surface area contributed by atoms with Crippen molar-refractivity contribution >= 4 is 12.4 Å². The molecule has 0 unspecified atom stereocenters. The summed E-state index contributed by atoms with van der Waals surface area (Å²) in [5.74, 6) is 0.833. The van der Waals surface area contributed by atoms with Crippen molar-refractivity contribution in [1.29, 1.82) is 0 Å². The fourth-order valence-corrected chi connectivity index (χ4v) is 1.65. The molecule has 0 aromatic heterocycles. The van der Waals surface area contributed by atoms with E-state index in [2.05, 4.69) is 12.2 Å². The van der Waals surface area contributed by atoms with Crippen LogP contribution >= 0.6 is 12.4 Å². The molecule has 21 heavy (non-hydrogen) atoms. The lowest BCUT2D eigenvalue weighted by Crippen LogP contribution is -2.54. The average Bonchev–Trinajstić information content (AvgIpc) is 2.51. The Hall–Kier alpha value is -0.850. The quantitative estimate of drug-likeness (QED) is 0.485. The summed E-state index contributed by atoms with van der Waals surface area (Å²) in [6, 6.07) is 7.63. The second-order valence-electron chi connectivity index (χ2n) is 4.95. The molecule has 1 rings (SSSR count). The first kappa shape index (κ1) is 20.1. The first-order valence-corrected chi connectivity index (χ1v) is 6.99. The van der Waals surface area contributed by atoms with Crippen molar-refractivity contribution < 1.29 is 20.1 Å². The van der Waals surface area contributed by atoms with Gasteiger partial charge in [-0.3, -0.25) is 0 Å². The lowest BCUT2D eigenvalue weighted by atomic mass is 10.0. The van der Waals surface area contributed by atoms with Crippen LogP contribution in [0.25, 0.3) is 0 Å². The summed E-state index contributed by atoms with van der Waals surface area (Å²) < 4.78 is 5.57. The highest BCUT2D eigenvalue weighted by atomic mass is 35.5. The molecule has 0 saturated heterocycles. The molecular weight excluding hydrogens is 294 g/mol. The summed E-state index contributed by atoms with van der Waals surface area (Å²) in [4.78, 5) is 0. The van der Waals surface area contributed by atoms with Crippen LogP contribution in [-0.4, -0.2) is 47.3 Å². The lowest BCUT2D eigenvalue weighted by molar-refractivity contribution is 0.0414. The van der Waals surface area contributed by atoms with Crippen LogP contribution in [-0.2, 0) is 6.54 Å². The maximum absolute atomic E-state index is 9.22. The van der Waals surface area contributed by atoms with Crippen LogP contribution in [0.4, 0.5) is 0 Å². The number of rotatable bonds is 10. The maximum Gasteiger partial charge on any atom is 0.119 e. The standard InChI is InChI=1S/C15H25NO4.ClH/c1-2-3-8-20-14-6-4-13(5-7-14)9-16-15(10-17,11-18)12-19;/h4-7,16-19H,2-3,8-12H2,1H3;1H. The van der Waals surface area contributed by atoms with Crippen LogP contribution < -0.4 is 10.1 Å². The van der Waals surface area contributed by atoms with Crippen molar-refractivity contribution in [3.8, 4) is 5.75 Å². The normalized spacial score (nSPS) is 11.0. The van der Waals surface area contributed by atoms with Crippen LogP contribution in [0.3, 0.4) is 0 Å². The summed E-state index contributed by atoms with van der Waals surface area (Å²) in [6.45, 7) is 2.33. The zero-order valence-electron chi connectivity index (χ0n) is 12.4. The van der Waals surface area contributed by atoms with Gasteiger partial charge in [-0.2, -0.15) is 0 Å². The number of ether oxygens (including phenoxy) is 1. The van der Waals surface area contributed by atoms with Gasteiger partial charge in [-0.15, -0.1) is 12.4 Å². The van der Waals surface area contributed by atoms with Crippen LogP contribution in [0, 0.1) is 0 Å². The lowest BCUT2D eigenvalue weighted by Gasteiger charge is -2.28. The monoisotopic (exact) mass is 319 g/mol. The van der Waals surface area contributed by atoms with Gasteiger partial charge < -0.3 is 25.4 Å². The van der Waals surface area contributed by atoms with E-state index in [1.165, 1.54) is 0 Å². The van der Waals surface area contributed by atoms with Crippen molar-refractivity contribution in [2.75, 3.05) is 26.4 Å².